The molecule has 0 heterocycles. The largest absolute Gasteiger partial charge is 0.117 e. The van der Waals surface area contributed by atoms with E-state index in [2.05, 4.69) is 37.3 Å². The molecule has 2 aliphatic carbocycles. The Bertz CT molecular complexity index is 669. The van der Waals surface area contributed by atoms with Gasteiger partial charge in [-0.25, -0.2) is 0 Å². The maximum absolute atomic E-state index is 7.07. The fraction of sp³-hybridized carbons (Fsp3) is 0.500. The van der Waals surface area contributed by atoms with Crippen LogP contribution in [0.2, 0.25) is 0 Å². The molecular formula is C20H23Cl. The molecule has 0 nitrogen and oxygen atoms in total. The number of alkyl halides is 1. The topological polar surface area (TPSA) is 0 Å². The van der Waals surface area contributed by atoms with Crippen molar-refractivity contribution in [3.05, 3.63) is 47.0 Å². The molecule has 2 aliphatic rings. The Morgan fingerprint density at radius 3 is 2.48 bits per heavy atom. The molecule has 0 amide bonds. The number of hydrogen-bond acceptors (Lipinski definition) is 0. The summed E-state index contributed by atoms with van der Waals surface area (Å²) in [7, 11) is 0. The van der Waals surface area contributed by atoms with Crippen LogP contribution in [0.1, 0.15) is 61.1 Å². The molecule has 0 radical (unpaired) electrons. The highest BCUT2D eigenvalue weighted by Gasteiger charge is 2.40. The van der Waals surface area contributed by atoms with Gasteiger partial charge in [0.1, 0.15) is 0 Å². The van der Waals surface area contributed by atoms with Gasteiger partial charge in [0.2, 0.25) is 0 Å². The molecule has 0 saturated heterocycles. The molecule has 2 aromatic carbocycles. The van der Waals surface area contributed by atoms with Crippen LogP contribution >= 0.6 is 11.6 Å². The Balaban J connectivity index is 1.88. The predicted molar refractivity (Wildman–Crippen MR) is 91.1 cm³/mol. The third-order valence-electron chi connectivity index (χ3n) is 6.02. The molecule has 0 N–H and O–H groups in total. The number of benzene rings is 2. The highest BCUT2D eigenvalue weighted by Crippen LogP contribution is 2.54. The number of halogens is 1. The fourth-order valence-electron chi connectivity index (χ4n) is 4.69. The van der Waals surface area contributed by atoms with E-state index in [-0.39, 0.29) is 5.38 Å². The van der Waals surface area contributed by atoms with Crippen LogP contribution in [-0.2, 0) is 12.8 Å². The Morgan fingerprint density at radius 1 is 1.05 bits per heavy atom. The smallest absolute Gasteiger partial charge is 0.0647 e. The summed E-state index contributed by atoms with van der Waals surface area (Å²) < 4.78 is 0. The normalized spacial score (nSPS) is 21.0. The summed E-state index contributed by atoms with van der Waals surface area (Å²) in [6.45, 7) is 2.32. The Hall–Kier alpha value is -1.01. The van der Waals surface area contributed by atoms with E-state index in [9.17, 15) is 0 Å². The first-order valence-corrected chi connectivity index (χ1v) is 8.86. The van der Waals surface area contributed by atoms with Crippen molar-refractivity contribution >= 4 is 22.4 Å². The minimum atomic E-state index is 0.162. The van der Waals surface area contributed by atoms with Crippen LogP contribution in [0.5, 0.6) is 0 Å². The molecule has 4 rings (SSSR count). The van der Waals surface area contributed by atoms with Gasteiger partial charge in [0.25, 0.3) is 0 Å². The summed E-state index contributed by atoms with van der Waals surface area (Å²) >= 11 is 7.07. The minimum absolute atomic E-state index is 0.162. The van der Waals surface area contributed by atoms with Crippen molar-refractivity contribution in [3.63, 3.8) is 0 Å². The van der Waals surface area contributed by atoms with Crippen LogP contribution < -0.4 is 0 Å². The molecule has 110 valence electrons. The van der Waals surface area contributed by atoms with Crippen LogP contribution in [0.15, 0.2) is 30.3 Å². The van der Waals surface area contributed by atoms with Crippen LogP contribution in [0.25, 0.3) is 10.8 Å². The van der Waals surface area contributed by atoms with Gasteiger partial charge in [-0.3, -0.25) is 0 Å². The number of rotatable bonds is 3. The molecule has 0 spiro atoms. The average molecular weight is 299 g/mol. The summed E-state index contributed by atoms with van der Waals surface area (Å²) in [6.07, 6.45) is 8.87. The highest BCUT2D eigenvalue weighted by molar-refractivity contribution is 6.22. The van der Waals surface area contributed by atoms with Gasteiger partial charge in [-0.2, -0.15) is 0 Å². The van der Waals surface area contributed by atoms with Gasteiger partial charge >= 0.3 is 0 Å². The lowest BCUT2D eigenvalue weighted by atomic mass is 9.76. The van der Waals surface area contributed by atoms with Gasteiger partial charge in [0.15, 0.2) is 0 Å². The van der Waals surface area contributed by atoms with Crippen LogP contribution in [0.3, 0.4) is 0 Å². The molecule has 0 bridgehead atoms. The monoisotopic (exact) mass is 298 g/mol. The predicted octanol–water partition coefficient (Wildman–Crippen LogP) is 6.19. The average Bonchev–Trinajstić information content (AvgIpc) is 3.16. The van der Waals surface area contributed by atoms with Crippen molar-refractivity contribution in [2.24, 2.45) is 5.41 Å². The summed E-state index contributed by atoms with van der Waals surface area (Å²) in [4.78, 5) is 0. The Morgan fingerprint density at radius 2 is 1.76 bits per heavy atom. The zero-order chi connectivity index (χ0) is 14.4. The van der Waals surface area contributed by atoms with Crippen LogP contribution in [-0.4, -0.2) is 0 Å². The van der Waals surface area contributed by atoms with Crippen molar-refractivity contribution in [1.29, 1.82) is 0 Å². The SMILES string of the molecule is CCC1(C(Cl)c2ccc3c4c(cccc24)CC3)CCCC1. The van der Waals surface area contributed by atoms with Crippen molar-refractivity contribution in [1.82, 2.24) is 0 Å². The second-order valence-electron chi connectivity index (χ2n) is 6.94. The molecule has 1 saturated carbocycles. The summed E-state index contributed by atoms with van der Waals surface area (Å²) in [5.74, 6) is 0. The molecule has 0 aromatic heterocycles. The van der Waals surface area contributed by atoms with Gasteiger partial charge < -0.3 is 0 Å². The maximum atomic E-state index is 7.07. The first-order chi connectivity index (χ1) is 10.2. The summed E-state index contributed by atoms with van der Waals surface area (Å²) in [5, 5.41) is 3.09. The molecule has 1 heteroatoms. The Labute approximate surface area is 132 Å². The van der Waals surface area contributed by atoms with E-state index in [4.69, 9.17) is 11.6 Å². The van der Waals surface area contributed by atoms with E-state index in [1.165, 1.54) is 72.4 Å². The first-order valence-electron chi connectivity index (χ1n) is 8.43. The lowest BCUT2D eigenvalue weighted by molar-refractivity contribution is 0.272. The van der Waals surface area contributed by atoms with Crippen molar-refractivity contribution in [3.8, 4) is 0 Å². The van der Waals surface area contributed by atoms with Gasteiger partial charge in [-0.1, -0.05) is 50.1 Å². The van der Waals surface area contributed by atoms with Crippen molar-refractivity contribution < 1.29 is 0 Å². The Kier molecular flexibility index (Phi) is 3.26. The molecule has 0 aliphatic heterocycles. The lowest BCUT2D eigenvalue weighted by Crippen LogP contribution is -2.21. The van der Waals surface area contributed by atoms with Crippen molar-refractivity contribution in [2.45, 2.75) is 57.2 Å². The van der Waals surface area contributed by atoms with Gasteiger partial charge in [0, 0.05) is 0 Å². The summed E-state index contributed by atoms with van der Waals surface area (Å²) in [6, 6.07) is 11.4. The second-order valence-corrected chi connectivity index (χ2v) is 7.38. The molecule has 21 heavy (non-hydrogen) atoms. The molecule has 2 aromatic rings. The first kappa shape index (κ1) is 13.6. The van der Waals surface area contributed by atoms with Crippen molar-refractivity contribution in [2.75, 3.05) is 0 Å². The highest BCUT2D eigenvalue weighted by atomic mass is 35.5. The maximum Gasteiger partial charge on any atom is 0.0647 e. The summed E-state index contributed by atoms with van der Waals surface area (Å²) in [5.41, 5.74) is 4.73. The van der Waals surface area contributed by atoms with Gasteiger partial charge in [-0.05, 0) is 65.0 Å². The third-order valence-corrected chi connectivity index (χ3v) is 6.72. The molecule has 1 unspecified atom stereocenters. The van der Waals surface area contributed by atoms with E-state index in [0.29, 0.717) is 5.41 Å². The standard InChI is InChI=1S/C20H23Cl/c1-2-20(12-3-4-13-20)19(21)17-11-10-15-9-8-14-6-5-7-16(17)18(14)15/h5-7,10-11,19H,2-4,8-9,12-13H2,1H3. The van der Waals surface area contributed by atoms with Crippen LogP contribution in [0, 0.1) is 5.41 Å². The minimum Gasteiger partial charge on any atom is -0.117 e. The van der Waals surface area contributed by atoms with E-state index in [0.717, 1.165) is 0 Å². The van der Waals surface area contributed by atoms with E-state index < -0.39 is 0 Å². The lowest BCUT2D eigenvalue weighted by Gasteiger charge is -2.34. The zero-order valence-corrected chi connectivity index (χ0v) is 13.5. The second kappa shape index (κ2) is 5.02. The van der Waals surface area contributed by atoms with E-state index in [1.54, 1.807) is 0 Å². The van der Waals surface area contributed by atoms with Gasteiger partial charge in [0.05, 0.1) is 5.38 Å². The fourth-order valence-corrected chi connectivity index (χ4v) is 5.25. The molecule has 1 atom stereocenters. The van der Waals surface area contributed by atoms with Crippen LogP contribution in [0.4, 0.5) is 0 Å². The molecule has 1 fully saturated rings. The number of hydrogen-bond donors (Lipinski definition) is 0. The zero-order valence-electron chi connectivity index (χ0n) is 12.8. The van der Waals surface area contributed by atoms with Gasteiger partial charge in [-0.15, -0.1) is 11.6 Å². The number of aryl methyl sites for hydroxylation is 2. The third kappa shape index (κ3) is 1.95. The molecular weight excluding hydrogens is 276 g/mol. The quantitative estimate of drug-likeness (QED) is 0.593. The van der Waals surface area contributed by atoms with E-state index >= 15 is 0 Å². The van der Waals surface area contributed by atoms with E-state index in [1.807, 2.05) is 0 Å².